The van der Waals surface area contributed by atoms with E-state index in [1.165, 1.54) is 26.4 Å². The smallest absolute Gasteiger partial charge is 0.190 e. The van der Waals surface area contributed by atoms with Crippen molar-refractivity contribution in [2.24, 2.45) is 0 Å². The third-order valence-corrected chi connectivity index (χ3v) is 9.45. The lowest BCUT2D eigenvalue weighted by atomic mass is 9.94. The molecular weight excluding hydrogens is 524 g/mol. The van der Waals surface area contributed by atoms with Crippen LogP contribution in [0.3, 0.4) is 0 Å². The highest BCUT2D eigenvalue weighted by Crippen LogP contribution is 2.41. The predicted octanol–water partition coefficient (Wildman–Crippen LogP) is 4.33. The Labute approximate surface area is 240 Å². The minimum atomic E-state index is -0.989. The number of hydrogen-bond donors (Lipinski definition) is 2. The monoisotopic (exact) mass is 564 g/mol. The number of ether oxygens (including phenoxy) is 3. The van der Waals surface area contributed by atoms with Gasteiger partial charge in [-0.1, -0.05) is 36.4 Å². The molecule has 0 radical (unpaired) electrons. The molecule has 5 atom stereocenters. The van der Waals surface area contributed by atoms with Crippen LogP contribution in [0, 0.1) is 6.92 Å². The molecule has 6 rings (SSSR count). The van der Waals surface area contributed by atoms with Crippen LogP contribution in [0.15, 0.2) is 54.6 Å². The highest BCUT2D eigenvalue weighted by Gasteiger charge is 2.56. The van der Waals surface area contributed by atoms with E-state index < -0.39 is 36.5 Å². The standard InChI is InChI=1S/C32H40N2O5S/c1-20-8-9-23(27(35)29-28(36)30-31(37-29)39-32(2,3)38-30)17-24(20)18-25-10-11-26(40-25)22-7-5-6-21(16-22)19-34-14-12-33(4)13-15-34/h5-11,16-17,27-31,35-36H,12-15,18-19H2,1-4H3/t27?,28-,29+,30+,31+/m1/s1. The number of likely N-dealkylation sites (N-methyl/N-ethyl adjacent to an activating group) is 1. The number of hydrogen-bond acceptors (Lipinski definition) is 8. The van der Waals surface area contributed by atoms with Crippen LogP contribution in [0.2, 0.25) is 0 Å². The molecule has 0 spiro atoms. The quantitative estimate of drug-likeness (QED) is 0.443. The number of fused-ring (bicyclic) bond motifs is 1. The summed E-state index contributed by atoms with van der Waals surface area (Å²) in [5, 5.41) is 22.0. The maximum absolute atomic E-state index is 11.2. The van der Waals surface area contributed by atoms with E-state index in [2.05, 4.69) is 60.2 Å². The van der Waals surface area contributed by atoms with Gasteiger partial charge in [-0.25, -0.2) is 0 Å². The molecule has 214 valence electrons. The van der Waals surface area contributed by atoms with E-state index in [-0.39, 0.29) is 0 Å². The fourth-order valence-corrected chi connectivity index (χ4v) is 6.96. The predicted molar refractivity (Wildman–Crippen MR) is 156 cm³/mol. The molecule has 2 N–H and O–H groups in total. The van der Waals surface area contributed by atoms with E-state index in [0.29, 0.717) is 0 Å². The summed E-state index contributed by atoms with van der Waals surface area (Å²) < 4.78 is 17.5. The van der Waals surface area contributed by atoms with E-state index >= 15 is 0 Å². The van der Waals surface area contributed by atoms with Crippen molar-refractivity contribution in [1.29, 1.82) is 0 Å². The van der Waals surface area contributed by atoms with Crippen molar-refractivity contribution in [1.82, 2.24) is 9.80 Å². The molecule has 7 nitrogen and oxygen atoms in total. The Morgan fingerprint density at radius 3 is 2.60 bits per heavy atom. The van der Waals surface area contributed by atoms with Crippen LogP contribution in [0.25, 0.3) is 10.4 Å². The average Bonchev–Trinajstić information content (AvgIpc) is 3.60. The van der Waals surface area contributed by atoms with Crippen molar-refractivity contribution in [3.05, 3.63) is 81.7 Å². The van der Waals surface area contributed by atoms with Crippen LogP contribution in [-0.2, 0) is 27.2 Å². The number of thiophene rings is 1. The first-order valence-corrected chi connectivity index (χ1v) is 15.0. The Hall–Kier alpha value is -2.14. The van der Waals surface area contributed by atoms with Gasteiger partial charge < -0.3 is 29.3 Å². The summed E-state index contributed by atoms with van der Waals surface area (Å²) in [5.41, 5.74) is 5.65. The van der Waals surface area contributed by atoms with Crippen LogP contribution in [-0.4, -0.2) is 83.6 Å². The van der Waals surface area contributed by atoms with E-state index in [4.69, 9.17) is 14.2 Å². The lowest BCUT2D eigenvalue weighted by Crippen LogP contribution is -2.43. The zero-order valence-corrected chi connectivity index (χ0v) is 24.6. The fourth-order valence-electron chi connectivity index (χ4n) is 5.94. The molecule has 3 fully saturated rings. The summed E-state index contributed by atoms with van der Waals surface area (Å²) in [6.07, 6.45) is -3.29. The molecule has 3 aliphatic heterocycles. The second-order valence-electron chi connectivity index (χ2n) is 11.9. The summed E-state index contributed by atoms with van der Waals surface area (Å²) in [4.78, 5) is 7.46. The van der Waals surface area contributed by atoms with Crippen LogP contribution in [0.5, 0.6) is 0 Å². The number of piperazine rings is 1. The number of benzene rings is 2. The Bertz CT molecular complexity index is 1330. The van der Waals surface area contributed by atoms with Gasteiger partial charge in [0.15, 0.2) is 12.1 Å². The molecule has 3 aromatic rings. The van der Waals surface area contributed by atoms with E-state index in [1.807, 2.05) is 29.5 Å². The third kappa shape index (κ3) is 5.91. The van der Waals surface area contributed by atoms with E-state index in [1.54, 1.807) is 13.8 Å². The van der Waals surface area contributed by atoms with Crippen LogP contribution in [0.1, 0.15) is 47.1 Å². The van der Waals surface area contributed by atoms with Crippen molar-refractivity contribution in [3.63, 3.8) is 0 Å². The molecule has 0 aliphatic carbocycles. The van der Waals surface area contributed by atoms with Crippen molar-refractivity contribution in [2.45, 2.75) is 70.2 Å². The zero-order valence-electron chi connectivity index (χ0n) is 23.7. The van der Waals surface area contributed by atoms with Gasteiger partial charge in [0.25, 0.3) is 0 Å². The molecule has 1 aromatic heterocycles. The molecule has 0 bridgehead atoms. The largest absolute Gasteiger partial charge is 0.387 e. The number of aryl methyl sites for hydroxylation is 1. The van der Waals surface area contributed by atoms with Gasteiger partial charge in [0.2, 0.25) is 0 Å². The van der Waals surface area contributed by atoms with Gasteiger partial charge in [-0.2, -0.15) is 0 Å². The van der Waals surface area contributed by atoms with Crippen LogP contribution >= 0.6 is 11.3 Å². The molecule has 0 saturated carbocycles. The number of nitrogens with zero attached hydrogens (tertiary/aromatic N) is 2. The molecular formula is C32H40N2O5S. The molecule has 4 heterocycles. The lowest BCUT2D eigenvalue weighted by molar-refractivity contribution is -0.226. The topological polar surface area (TPSA) is 74.6 Å². The first-order valence-electron chi connectivity index (χ1n) is 14.2. The van der Waals surface area contributed by atoms with E-state index in [0.717, 1.165) is 50.3 Å². The maximum Gasteiger partial charge on any atom is 0.190 e. The molecule has 8 heteroatoms. The van der Waals surface area contributed by atoms with Crippen molar-refractivity contribution in [2.75, 3.05) is 33.2 Å². The Kier molecular flexibility index (Phi) is 7.89. The summed E-state index contributed by atoms with van der Waals surface area (Å²) in [6, 6.07) is 19.3. The van der Waals surface area contributed by atoms with Gasteiger partial charge in [-0.05, 0) is 73.8 Å². The lowest BCUT2D eigenvalue weighted by Gasteiger charge is -2.32. The third-order valence-electron chi connectivity index (χ3n) is 8.32. The van der Waals surface area contributed by atoms with Gasteiger partial charge in [0.1, 0.15) is 24.4 Å². The molecule has 0 amide bonds. The van der Waals surface area contributed by atoms with Gasteiger partial charge in [0, 0.05) is 48.9 Å². The van der Waals surface area contributed by atoms with E-state index in [9.17, 15) is 10.2 Å². The molecule has 3 saturated heterocycles. The van der Waals surface area contributed by atoms with Crippen LogP contribution < -0.4 is 0 Å². The second-order valence-corrected chi connectivity index (χ2v) is 13.1. The zero-order chi connectivity index (χ0) is 28.0. The minimum absolute atomic E-state index is 0.607. The number of aliphatic hydroxyl groups excluding tert-OH is 2. The van der Waals surface area contributed by atoms with Gasteiger partial charge >= 0.3 is 0 Å². The summed E-state index contributed by atoms with van der Waals surface area (Å²) >= 11 is 1.81. The summed E-state index contributed by atoms with van der Waals surface area (Å²) in [7, 11) is 2.19. The number of aliphatic hydroxyl groups is 2. The normalized spacial score (nSPS) is 27.6. The van der Waals surface area contributed by atoms with Crippen LogP contribution in [0.4, 0.5) is 0 Å². The molecule has 2 aromatic carbocycles. The summed E-state index contributed by atoms with van der Waals surface area (Å²) in [6.45, 7) is 11.2. The van der Waals surface area contributed by atoms with Gasteiger partial charge in [-0.3, -0.25) is 4.90 Å². The summed E-state index contributed by atoms with van der Waals surface area (Å²) in [5.74, 6) is -0.811. The Morgan fingerprint density at radius 2 is 1.82 bits per heavy atom. The van der Waals surface area contributed by atoms with Crippen molar-refractivity contribution in [3.8, 4) is 10.4 Å². The first-order chi connectivity index (χ1) is 19.1. The van der Waals surface area contributed by atoms with Gasteiger partial charge in [-0.15, -0.1) is 11.3 Å². The molecule has 40 heavy (non-hydrogen) atoms. The Morgan fingerprint density at radius 1 is 1.02 bits per heavy atom. The molecule has 3 aliphatic rings. The van der Waals surface area contributed by atoms with Crippen molar-refractivity contribution >= 4 is 11.3 Å². The SMILES string of the molecule is Cc1ccc(C(O)[C@@H]2O[C@H]3OC(C)(C)O[C@H]3[C@@H]2O)cc1Cc1ccc(-c2cccc(CN3CCN(C)CC3)c2)s1. The minimum Gasteiger partial charge on any atom is -0.387 e. The fraction of sp³-hybridized carbons (Fsp3) is 0.500. The highest BCUT2D eigenvalue weighted by atomic mass is 32.1. The second kappa shape index (κ2) is 11.3. The molecule has 1 unspecified atom stereocenters. The maximum atomic E-state index is 11.2. The van der Waals surface area contributed by atoms with Crippen molar-refractivity contribution < 1.29 is 24.4 Å². The first kappa shape index (κ1) is 28.0. The highest BCUT2D eigenvalue weighted by molar-refractivity contribution is 7.15. The van der Waals surface area contributed by atoms with Gasteiger partial charge in [0.05, 0.1) is 0 Å². The average molecular weight is 565 g/mol. The number of rotatable bonds is 7. The Balaban J connectivity index is 1.13.